The van der Waals surface area contributed by atoms with E-state index in [2.05, 4.69) is 44.2 Å². The van der Waals surface area contributed by atoms with Crippen LogP contribution in [0.2, 0.25) is 0 Å². The fourth-order valence-corrected chi connectivity index (χ4v) is 8.41. The number of aromatic hydroxyl groups is 1. The predicted molar refractivity (Wildman–Crippen MR) is 160 cm³/mol. The van der Waals surface area contributed by atoms with E-state index in [4.69, 9.17) is 0 Å². The van der Waals surface area contributed by atoms with E-state index < -0.39 is 5.97 Å². The summed E-state index contributed by atoms with van der Waals surface area (Å²) in [4.78, 5) is 12.0. The van der Waals surface area contributed by atoms with E-state index in [1.54, 1.807) is 6.07 Å². The van der Waals surface area contributed by atoms with Crippen molar-refractivity contribution in [3.8, 4) is 17.1 Å². The van der Waals surface area contributed by atoms with E-state index in [9.17, 15) is 15.0 Å². The van der Waals surface area contributed by atoms with Gasteiger partial charge >= 0.3 is 5.97 Å². The molecule has 2 N–H and O–H groups in total. The molecule has 0 radical (unpaired) electrons. The lowest BCUT2D eigenvalue weighted by Crippen LogP contribution is -2.13. The molecule has 1 aliphatic heterocycles. The van der Waals surface area contributed by atoms with E-state index in [1.165, 1.54) is 84.5 Å². The zero-order valence-corrected chi connectivity index (χ0v) is 23.0. The second-order valence-electron chi connectivity index (χ2n) is 12.4. The van der Waals surface area contributed by atoms with Gasteiger partial charge in [-0.25, -0.2) is 4.79 Å². The van der Waals surface area contributed by atoms with Crippen LogP contribution in [0.5, 0.6) is 5.88 Å². The van der Waals surface area contributed by atoms with Crippen molar-refractivity contribution in [2.75, 3.05) is 0 Å². The molecular weight excluding hydrogens is 498 g/mol. The lowest BCUT2D eigenvalue weighted by molar-refractivity contribution is 0.0697. The summed E-state index contributed by atoms with van der Waals surface area (Å²) < 4.78 is 6.98. The minimum absolute atomic E-state index is 0.350. The molecule has 40 heavy (non-hydrogen) atoms. The molecule has 206 valence electrons. The van der Waals surface area contributed by atoms with E-state index >= 15 is 0 Å². The van der Waals surface area contributed by atoms with Crippen LogP contribution in [-0.4, -0.2) is 29.9 Å². The van der Waals surface area contributed by atoms with Crippen LogP contribution in [0, 0.1) is 0 Å². The maximum atomic E-state index is 12.0. The lowest BCUT2D eigenvalue weighted by atomic mass is 9.81. The lowest BCUT2D eigenvalue weighted by Gasteiger charge is -2.26. The summed E-state index contributed by atoms with van der Waals surface area (Å²) in [5, 5.41) is 25.0. The van der Waals surface area contributed by atoms with Gasteiger partial charge in [0.1, 0.15) is 5.52 Å². The van der Waals surface area contributed by atoms with Gasteiger partial charge in [0.15, 0.2) is 0 Å². The molecule has 0 atom stereocenters. The van der Waals surface area contributed by atoms with Crippen LogP contribution >= 0.6 is 0 Å². The van der Waals surface area contributed by atoms with Gasteiger partial charge in [0.25, 0.3) is 0 Å². The summed E-state index contributed by atoms with van der Waals surface area (Å²) >= 11 is 0. The second kappa shape index (κ2) is 9.18. The Kier molecular flexibility index (Phi) is 5.55. The third-order valence-electron chi connectivity index (χ3n) is 10.2. The van der Waals surface area contributed by atoms with Crippen molar-refractivity contribution in [2.24, 2.45) is 0 Å². The fraction of sp³-hybridized carbons (Fsp3) is 0.441. The van der Waals surface area contributed by atoms with E-state index in [0.717, 1.165) is 48.8 Å². The van der Waals surface area contributed by atoms with Gasteiger partial charge in [0.2, 0.25) is 5.88 Å². The molecule has 0 saturated heterocycles. The number of aromatic nitrogens is 3. The molecule has 2 aliphatic carbocycles. The largest absolute Gasteiger partial charge is 0.493 e. The third kappa shape index (κ3) is 3.44. The molecule has 0 spiro atoms. The minimum Gasteiger partial charge on any atom is -0.493 e. The Labute approximate surface area is 233 Å². The molecule has 5 aromatic rings. The number of para-hydroxylation sites is 1. The molecule has 0 unspecified atom stereocenters. The van der Waals surface area contributed by atoms with Crippen LogP contribution in [0.25, 0.3) is 44.0 Å². The van der Waals surface area contributed by atoms with Crippen LogP contribution in [-0.2, 0) is 13.1 Å². The standard InChI is InChI=1S/C34H37N3O3/c38-33-32-27(20-37(33)23-11-5-2-6-12-23)24-13-7-14-26-30(24)36(32)18-8-17-35-28-19-22(34(39)40)15-16-25(28)29(31(26)35)21-9-3-1-4-10-21/h7,13-16,19-21,23,38H,1-6,8-12,17-18H2,(H,39,40). The molecule has 3 aliphatic rings. The Morgan fingerprint density at radius 2 is 1.52 bits per heavy atom. The number of carboxylic acid groups (broad SMARTS) is 1. The van der Waals surface area contributed by atoms with Crippen LogP contribution in [0.3, 0.4) is 0 Å². The predicted octanol–water partition coefficient (Wildman–Crippen LogP) is 8.58. The Morgan fingerprint density at radius 3 is 2.30 bits per heavy atom. The van der Waals surface area contributed by atoms with E-state index in [-0.39, 0.29) is 0 Å². The number of fused-ring (bicyclic) bond motifs is 7. The summed E-state index contributed by atoms with van der Waals surface area (Å²) in [6, 6.07) is 12.8. The van der Waals surface area contributed by atoms with Gasteiger partial charge in [0.05, 0.1) is 16.8 Å². The zero-order chi connectivity index (χ0) is 27.0. The van der Waals surface area contributed by atoms with Crippen molar-refractivity contribution in [1.29, 1.82) is 0 Å². The van der Waals surface area contributed by atoms with Crippen molar-refractivity contribution in [1.82, 2.24) is 13.7 Å². The van der Waals surface area contributed by atoms with Crippen LogP contribution < -0.4 is 0 Å². The van der Waals surface area contributed by atoms with E-state index in [0.29, 0.717) is 23.4 Å². The highest BCUT2D eigenvalue weighted by molar-refractivity contribution is 6.15. The van der Waals surface area contributed by atoms with Crippen molar-refractivity contribution in [2.45, 2.75) is 95.7 Å². The molecule has 0 amide bonds. The van der Waals surface area contributed by atoms with Crippen molar-refractivity contribution < 1.29 is 15.0 Å². The molecule has 0 bridgehead atoms. The first kappa shape index (κ1) is 24.2. The average molecular weight is 536 g/mol. The molecule has 6 heteroatoms. The summed E-state index contributed by atoms with van der Waals surface area (Å²) in [7, 11) is 0. The van der Waals surface area contributed by atoms with Gasteiger partial charge in [-0.2, -0.15) is 0 Å². The minimum atomic E-state index is -0.876. The number of aryl methyl sites for hydroxylation is 2. The summed E-state index contributed by atoms with van der Waals surface area (Å²) in [5.41, 5.74) is 7.45. The Morgan fingerprint density at radius 1 is 0.775 bits per heavy atom. The normalized spacial score (nSPS) is 18.8. The fourth-order valence-electron chi connectivity index (χ4n) is 8.41. The molecule has 6 nitrogen and oxygen atoms in total. The monoisotopic (exact) mass is 535 g/mol. The molecule has 2 saturated carbocycles. The zero-order valence-electron chi connectivity index (χ0n) is 23.0. The first-order valence-corrected chi connectivity index (χ1v) is 15.4. The van der Waals surface area contributed by atoms with Crippen LogP contribution in [0.1, 0.15) is 98.5 Å². The van der Waals surface area contributed by atoms with Gasteiger partial charge < -0.3 is 23.9 Å². The Balaban J connectivity index is 1.43. The molecule has 2 fully saturated rings. The summed E-state index contributed by atoms with van der Waals surface area (Å²) in [6.07, 6.45) is 15.3. The topological polar surface area (TPSA) is 72.3 Å². The van der Waals surface area contributed by atoms with Crippen molar-refractivity contribution >= 4 is 38.7 Å². The molecule has 3 aromatic heterocycles. The Hall–Kier alpha value is -3.67. The average Bonchev–Trinajstić information content (AvgIpc) is 3.60. The van der Waals surface area contributed by atoms with Gasteiger partial charge in [-0.15, -0.1) is 0 Å². The Bertz CT molecular complexity index is 1790. The maximum absolute atomic E-state index is 12.0. The number of benzene rings is 2. The second-order valence-corrected chi connectivity index (χ2v) is 12.4. The summed E-state index contributed by atoms with van der Waals surface area (Å²) in [5.74, 6) is 0.0178. The van der Waals surface area contributed by atoms with Gasteiger partial charge in [-0.1, -0.05) is 62.8 Å². The number of rotatable bonds is 3. The molecule has 2 aromatic carbocycles. The number of carboxylic acids is 1. The van der Waals surface area contributed by atoms with Crippen LogP contribution in [0.15, 0.2) is 42.6 Å². The first-order valence-electron chi connectivity index (χ1n) is 15.4. The highest BCUT2D eigenvalue weighted by Gasteiger charge is 2.31. The number of hydrogen-bond acceptors (Lipinski definition) is 2. The number of hydrogen-bond donors (Lipinski definition) is 2. The van der Waals surface area contributed by atoms with Gasteiger partial charge in [-0.05, 0) is 55.7 Å². The first-order chi connectivity index (χ1) is 19.6. The summed E-state index contributed by atoms with van der Waals surface area (Å²) in [6.45, 7) is 1.64. The quantitative estimate of drug-likeness (QED) is 0.243. The number of carbonyl (C=O) groups is 1. The molecular formula is C34H37N3O3. The highest BCUT2D eigenvalue weighted by Crippen LogP contribution is 2.49. The van der Waals surface area contributed by atoms with Crippen molar-refractivity contribution in [3.05, 3.63) is 53.7 Å². The number of aromatic carboxylic acids is 1. The van der Waals surface area contributed by atoms with Gasteiger partial charge in [0, 0.05) is 52.6 Å². The molecule has 8 rings (SSSR count). The van der Waals surface area contributed by atoms with Gasteiger partial charge in [-0.3, -0.25) is 0 Å². The smallest absolute Gasteiger partial charge is 0.335 e. The van der Waals surface area contributed by atoms with E-state index in [1.807, 2.05) is 6.07 Å². The SMILES string of the molecule is O=C(O)c1ccc2c(C3CCCCC3)c3n(c2c1)CCCn1c2c-3cccc2c2cn(C3CCCCC3)c(O)c21. The van der Waals surface area contributed by atoms with Crippen molar-refractivity contribution in [3.63, 3.8) is 0 Å². The highest BCUT2D eigenvalue weighted by atomic mass is 16.4. The number of nitrogens with zero attached hydrogens (tertiary/aromatic N) is 3. The maximum Gasteiger partial charge on any atom is 0.335 e. The molecule has 4 heterocycles. The van der Waals surface area contributed by atoms with Crippen LogP contribution in [0.4, 0.5) is 0 Å². The third-order valence-corrected chi connectivity index (χ3v) is 10.2.